The first-order valence-corrected chi connectivity index (χ1v) is 23.8. The molecule has 3 heteroatoms. The number of hydrogen-bond acceptors (Lipinski definition) is 2. The molecule has 0 saturated heterocycles. The van der Waals surface area contributed by atoms with Crippen molar-refractivity contribution in [3.63, 3.8) is 0 Å². The van der Waals surface area contributed by atoms with Crippen molar-refractivity contribution in [2.75, 3.05) is 4.90 Å². The zero-order valence-electron chi connectivity index (χ0n) is 37.7. The maximum absolute atomic E-state index is 5.55. The Morgan fingerprint density at radius 2 is 0.812 bits per heavy atom. The first-order chi connectivity index (χ1) is 34.3. The number of anilines is 3. The van der Waals surface area contributed by atoms with E-state index >= 15 is 0 Å². The summed E-state index contributed by atoms with van der Waals surface area (Å²) in [4.78, 5) is 2.49. The summed E-state index contributed by atoms with van der Waals surface area (Å²) in [7, 11) is 0. The molecule has 12 aromatic rings. The Labute approximate surface area is 401 Å². The largest absolute Gasteiger partial charge is 0.310 e. The molecule has 2 aliphatic carbocycles. The summed E-state index contributed by atoms with van der Waals surface area (Å²) >= 11 is 0. The van der Waals surface area contributed by atoms with Gasteiger partial charge in [0, 0.05) is 38.8 Å². The minimum atomic E-state index is -0.487. The summed E-state index contributed by atoms with van der Waals surface area (Å²) < 4.78 is 2.19. The Morgan fingerprint density at radius 3 is 1.41 bits per heavy atom. The number of rotatable bonds is 7. The van der Waals surface area contributed by atoms with Crippen LogP contribution in [0.25, 0.3) is 83.3 Å². The van der Waals surface area contributed by atoms with E-state index in [2.05, 4.69) is 270 Å². The average Bonchev–Trinajstić information content (AvgIpc) is 4.07. The molecule has 1 spiro atoms. The monoisotopic (exact) mass is 877 g/mol. The SMILES string of the molecule is c1ccc(-c2ccc(N(c3ccc4c(c3)C3(c5ccccc5-c5ccccc53)c3ccccc3-4)c3cccc4c3cc(-c3ccccc3)n3nc(-c5ccccc5)c(-c5ccccc5)c43)cc2)cc1. The molecule has 0 amide bonds. The molecule has 0 N–H and O–H groups in total. The van der Waals surface area contributed by atoms with Crippen LogP contribution in [-0.4, -0.2) is 9.61 Å². The molecule has 3 nitrogen and oxygen atoms in total. The van der Waals surface area contributed by atoms with Crippen molar-refractivity contribution in [1.29, 1.82) is 0 Å². The highest BCUT2D eigenvalue weighted by molar-refractivity contribution is 6.13. The molecular weight excluding hydrogens is 835 g/mol. The summed E-state index contributed by atoms with van der Waals surface area (Å²) in [6.45, 7) is 0. The number of aromatic nitrogens is 2. The maximum atomic E-state index is 5.55. The van der Waals surface area contributed by atoms with Crippen molar-refractivity contribution in [1.82, 2.24) is 9.61 Å². The second kappa shape index (κ2) is 15.5. The third-order valence-corrected chi connectivity index (χ3v) is 14.6. The lowest BCUT2D eigenvalue weighted by Gasteiger charge is -2.32. The lowest BCUT2D eigenvalue weighted by Crippen LogP contribution is -2.26. The van der Waals surface area contributed by atoms with Crippen molar-refractivity contribution in [2.24, 2.45) is 0 Å². The van der Waals surface area contributed by atoms with Crippen molar-refractivity contribution >= 4 is 33.4 Å². The number of nitrogens with zero attached hydrogens (tertiary/aromatic N) is 3. The summed E-state index contributed by atoms with van der Waals surface area (Å²) in [6, 6.07) is 95.4. The number of pyridine rings is 1. The van der Waals surface area contributed by atoms with Crippen molar-refractivity contribution in [3.8, 4) is 67.0 Å². The molecule has 0 unspecified atom stereocenters. The summed E-state index contributed by atoms with van der Waals surface area (Å²) in [5, 5.41) is 7.80. The molecule has 322 valence electrons. The van der Waals surface area contributed by atoms with E-state index in [1.807, 2.05) is 0 Å². The van der Waals surface area contributed by atoms with Gasteiger partial charge in [-0.3, -0.25) is 0 Å². The van der Waals surface area contributed by atoms with Crippen LogP contribution in [0, 0.1) is 0 Å². The zero-order chi connectivity index (χ0) is 45.5. The smallest absolute Gasteiger partial charge is 0.101 e. The third-order valence-electron chi connectivity index (χ3n) is 14.6. The molecule has 0 fully saturated rings. The van der Waals surface area contributed by atoms with Crippen molar-refractivity contribution in [3.05, 3.63) is 283 Å². The first kappa shape index (κ1) is 39.1. The fourth-order valence-corrected chi connectivity index (χ4v) is 11.7. The van der Waals surface area contributed by atoms with E-state index in [-0.39, 0.29) is 0 Å². The zero-order valence-corrected chi connectivity index (χ0v) is 37.7. The van der Waals surface area contributed by atoms with Gasteiger partial charge in [0.1, 0.15) is 5.69 Å². The summed E-state index contributed by atoms with van der Waals surface area (Å²) in [6.07, 6.45) is 0. The minimum Gasteiger partial charge on any atom is -0.310 e. The first-order valence-electron chi connectivity index (χ1n) is 23.8. The van der Waals surface area contributed by atoms with E-state index in [0.29, 0.717) is 0 Å². The molecule has 14 rings (SSSR count). The highest BCUT2D eigenvalue weighted by Gasteiger charge is 2.51. The van der Waals surface area contributed by atoms with Crippen LogP contribution in [0.3, 0.4) is 0 Å². The van der Waals surface area contributed by atoms with Gasteiger partial charge in [0.25, 0.3) is 0 Å². The second-order valence-corrected chi connectivity index (χ2v) is 18.2. The lowest BCUT2D eigenvalue weighted by atomic mass is 9.70. The fourth-order valence-electron chi connectivity index (χ4n) is 11.7. The van der Waals surface area contributed by atoms with Gasteiger partial charge in [-0.05, 0) is 97.6 Å². The summed E-state index contributed by atoms with van der Waals surface area (Å²) in [5.74, 6) is 0. The van der Waals surface area contributed by atoms with Crippen LogP contribution in [0.5, 0.6) is 0 Å². The van der Waals surface area contributed by atoms with Crippen LogP contribution in [0.2, 0.25) is 0 Å². The number of fused-ring (bicyclic) bond motifs is 13. The Bertz CT molecular complexity index is 3870. The lowest BCUT2D eigenvalue weighted by molar-refractivity contribution is 0.793. The van der Waals surface area contributed by atoms with E-state index in [1.165, 1.54) is 55.6 Å². The highest BCUT2D eigenvalue weighted by Crippen LogP contribution is 2.63. The quantitative estimate of drug-likeness (QED) is 0.159. The van der Waals surface area contributed by atoms with E-state index in [0.717, 1.165) is 67.0 Å². The van der Waals surface area contributed by atoms with Gasteiger partial charge in [-0.2, -0.15) is 5.10 Å². The van der Waals surface area contributed by atoms with Crippen molar-refractivity contribution in [2.45, 2.75) is 5.41 Å². The van der Waals surface area contributed by atoms with Crippen LogP contribution in [-0.2, 0) is 5.41 Å². The molecule has 10 aromatic carbocycles. The Morgan fingerprint density at radius 1 is 0.333 bits per heavy atom. The fraction of sp³-hybridized carbons (Fsp3) is 0.0152. The molecule has 0 radical (unpaired) electrons. The molecule has 0 aliphatic heterocycles. The van der Waals surface area contributed by atoms with Gasteiger partial charge in [0.15, 0.2) is 0 Å². The van der Waals surface area contributed by atoms with Gasteiger partial charge in [-0.15, -0.1) is 0 Å². The van der Waals surface area contributed by atoms with Gasteiger partial charge in [0.05, 0.1) is 22.3 Å². The van der Waals surface area contributed by atoms with E-state index in [4.69, 9.17) is 5.10 Å². The summed E-state index contributed by atoms with van der Waals surface area (Å²) in [5.41, 5.74) is 23.0. The predicted octanol–water partition coefficient (Wildman–Crippen LogP) is 17.0. The molecular formula is C66H43N3. The number of benzene rings is 10. The van der Waals surface area contributed by atoms with Crippen LogP contribution >= 0.6 is 0 Å². The number of hydrogen-bond donors (Lipinski definition) is 0. The van der Waals surface area contributed by atoms with Gasteiger partial charge in [-0.1, -0.05) is 224 Å². The van der Waals surface area contributed by atoms with Crippen LogP contribution in [0.15, 0.2) is 261 Å². The highest BCUT2D eigenvalue weighted by atomic mass is 15.2. The van der Waals surface area contributed by atoms with E-state index in [1.54, 1.807) is 0 Å². The van der Waals surface area contributed by atoms with E-state index in [9.17, 15) is 0 Å². The normalized spacial score (nSPS) is 12.8. The Hall–Kier alpha value is -9.05. The Kier molecular flexibility index (Phi) is 8.80. The molecule has 69 heavy (non-hydrogen) atoms. The topological polar surface area (TPSA) is 20.5 Å². The minimum absolute atomic E-state index is 0.487. The Balaban J connectivity index is 1.08. The third kappa shape index (κ3) is 5.84. The molecule has 0 atom stereocenters. The van der Waals surface area contributed by atoms with Crippen LogP contribution in [0.1, 0.15) is 22.3 Å². The predicted molar refractivity (Wildman–Crippen MR) is 285 cm³/mol. The van der Waals surface area contributed by atoms with Gasteiger partial charge in [-0.25, -0.2) is 4.52 Å². The van der Waals surface area contributed by atoms with Gasteiger partial charge < -0.3 is 4.90 Å². The van der Waals surface area contributed by atoms with Crippen molar-refractivity contribution < 1.29 is 0 Å². The molecule has 2 heterocycles. The van der Waals surface area contributed by atoms with Gasteiger partial charge >= 0.3 is 0 Å². The molecule has 2 aromatic heterocycles. The van der Waals surface area contributed by atoms with Crippen LogP contribution < -0.4 is 4.90 Å². The van der Waals surface area contributed by atoms with E-state index < -0.39 is 5.41 Å². The second-order valence-electron chi connectivity index (χ2n) is 18.2. The maximum Gasteiger partial charge on any atom is 0.101 e. The molecule has 0 bridgehead atoms. The standard InChI is InChI=1S/C66H43N3/c1-5-20-44(21-6-1)45-36-38-49(39-37-45)68(50-40-41-54-53-30-15-18-34-59(53)66(60(54)42-50)57-32-16-13-28-51(57)52-29-14-17-33-58(52)66)61-35-19-31-55-56(61)43-62(46-22-7-2-8-23-46)69-65(55)63(47-24-9-3-10-25-47)64(67-69)48-26-11-4-12-27-48/h1-43H. The average molecular weight is 878 g/mol. The van der Waals surface area contributed by atoms with Crippen LogP contribution in [0.4, 0.5) is 17.1 Å². The molecule has 0 saturated carbocycles. The van der Waals surface area contributed by atoms with Gasteiger partial charge in [0.2, 0.25) is 0 Å². The molecule has 2 aliphatic rings.